The Morgan fingerprint density at radius 1 is 0.490 bits per heavy atom. The van der Waals surface area contributed by atoms with Gasteiger partial charge in [-0.2, -0.15) is 0 Å². The van der Waals surface area contributed by atoms with Gasteiger partial charge >= 0.3 is 46.7 Å². The van der Waals surface area contributed by atoms with E-state index in [1.807, 2.05) is 188 Å². The van der Waals surface area contributed by atoms with Crippen molar-refractivity contribution in [1.82, 2.24) is 17.7 Å². The molecule has 2 unspecified atom stereocenters. The highest BCUT2D eigenvalue weighted by atomic mass is 31.2. The molecule has 9 heterocycles. The molecule has 6 N–H and O–H groups in total. The van der Waals surface area contributed by atoms with Crippen LogP contribution in [0, 0.1) is 10.8 Å². The van der Waals surface area contributed by atoms with Crippen LogP contribution in [0.3, 0.4) is 0 Å². The Labute approximate surface area is 559 Å². The molecule has 7 aliphatic rings. The summed E-state index contributed by atoms with van der Waals surface area (Å²) < 4.78 is 41.9. The van der Waals surface area contributed by atoms with Gasteiger partial charge in [-0.1, -0.05) is 194 Å². The van der Waals surface area contributed by atoms with Gasteiger partial charge in [-0.3, -0.25) is 19.9 Å². The Morgan fingerprint density at radius 2 is 1.02 bits per heavy atom. The maximum absolute atomic E-state index is 14.7. The number of aromatic nitrogens is 2. The molecule has 0 saturated heterocycles. The number of aromatic amines is 1. The van der Waals surface area contributed by atoms with E-state index in [-0.39, 0.29) is 22.3 Å². The maximum Gasteiger partial charge on any atom is 0.817 e. The van der Waals surface area contributed by atoms with E-state index in [1.165, 1.54) is 24.3 Å². The van der Waals surface area contributed by atoms with Crippen LogP contribution in [-0.2, 0) is 16.3 Å². The Balaban J connectivity index is 0.000000153. The fourth-order valence-corrected chi connectivity index (χ4v) is 18.1. The van der Waals surface area contributed by atoms with Gasteiger partial charge in [-0.25, -0.2) is 49.9 Å². The number of amidine groups is 11. The van der Waals surface area contributed by atoms with Crippen molar-refractivity contribution < 1.29 is 26.1 Å². The zero-order chi connectivity index (χ0) is 65.0. The number of benzene rings is 9. The van der Waals surface area contributed by atoms with Gasteiger partial charge in [0.05, 0.1) is 10.6 Å². The van der Waals surface area contributed by atoms with E-state index in [0.717, 1.165) is 72.2 Å². The third-order valence-electron chi connectivity index (χ3n) is 17.0. The molecule has 22 nitrogen and oxygen atoms in total. The van der Waals surface area contributed by atoms with E-state index in [4.69, 9.17) is 52.5 Å². The van der Waals surface area contributed by atoms with Crippen molar-refractivity contribution in [3.05, 3.63) is 291 Å². The first-order valence-electron chi connectivity index (χ1n) is 30.0. The first-order chi connectivity index (χ1) is 46.9. The first kappa shape index (κ1) is 58.9. The molecule has 18 rings (SSSR count). The monoisotopic (exact) mass is 1320 g/mol. The molecule has 456 valence electrons. The molecule has 2 atom stereocenters. The summed E-state index contributed by atoms with van der Waals surface area (Å²) in [5.41, 5.74) is 9.59. The summed E-state index contributed by atoms with van der Waals surface area (Å²) in [6.07, 6.45) is 3.69. The molecule has 7 aliphatic heterocycles. The van der Waals surface area contributed by atoms with Crippen LogP contribution in [0.4, 0.5) is 17.5 Å². The van der Waals surface area contributed by atoms with Crippen molar-refractivity contribution >= 4 is 167 Å². The van der Waals surface area contributed by atoms with Gasteiger partial charge in [0, 0.05) is 101 Å². The topological polar surface area (TPSA) is 300 Å². The van der Waals surface area contributed by atoms with Crippen molar-refractivity contribution in [1.29, 1.82) is 10.8 Å². The Hall–Kier alpha value is -10.9. The van der Waals surface area contributed by atoms with Crippen LogP contribution < -0.4 is 15.9 Å². The van der Waals surface area contributed by atoms with Crippen LogP contribution in [0.2, 0.25) is 0 Å². The summed E-state index contributed by atoms with van der Waals surface area (Å²) in [5, 5.41) is 24.5. The van der Waals surface area contributed by atoms with E-state index in [2.05, 4.69) is 26.4 Å². The van der Waals surface area contributed by atoms with Crippen LogP contribution in [0.1, 0.15) is 66.8 Å². The molecule has 0 amide bonds. The van der Waals surface area contributed by atoms with Crippen molar-refractivity contribution in [2.24, 2.45) is 49.9 Å². The van der Waals surface area contributed by atoms with Gasteiger partial charge in [0.2, 0.25) is 0 Å². The Kier molecular flexibility index (Phi) is 14.2. The number of nitrogens with one attached hydrogen (secondary N) is 4. The number of hydrogen-bond donors (Lipinski definition) is 6. The second-order valence-corrected chi connectivity index (χ2v) is 29.1. The van der Waals surface area contributed by atoms with Gasteiger partial charge in [0.15, 0.2) is 40.8 Å². The quantitative estimate of drug-likeness (QED) is 0.0657. The van der Waals surface area contributed by atoms with Crippen LogP contribution >= 0.6 is 15.2 Å². The van der Waals surface area contributed by atoms with E-state index in [9.17, 15) is 24.3 Å². The highest BCUT2D eigenvalue weighted by molar-refractivity contribution is 7.63. The largest absolute Gasteiger partial charge is 0.817 e. The van der Waals surface area contributed by atoms with Crippen molar-refractivity contribution in [3.8, 4) is 0 Å². The molecule has 96 heavy (non-hydrogen) atoms. The molecular formula is C70H44Al2N16O6P2. The number of aliphatic imine (C=N–C) groups is 10. The molecule has 11 aromatic rings. The van der Waals surface area contributed by atoms with E-state index in [0.29, 0.717) is 86.1 Å². The second-order valence-electron chi connectivity index (χ2n) is 22.6. The smallest absolute Gasteiger partial charge is 0.452 e. The zero-order valence-corrected chi connectivity index (χ0v) is 54.0. The van der Waals surface area contributed by atoms with Gasteiger partial charge in [-0.15, -0.1) is 0 Å². The standard InChI is InChI=1S/C32H20N8.C32H18N8.C6H8O6P2.2Al/c2*33-26-20-11-3-4-12-21(20)28(35-26)37-30-24-15-7-8-16-25(24)32(39-30)40-31-23-14-6-5-13-22(23)29(38-31)36-27-19-10-2-1-9-18(19)17-34-27;7-13(8,9)5-1-2-6(4-3-5)14(10,11)12;;/h1-17,34H,(H2,33,35,36,37,38,39,40);1-17H,(H-,33,35,37,39,40);1-4H,(H2,7,8,9)(H2,10,11,12);;/q;-2;;+1;+3/p-2/b;36-27-;;;. The average molecular weight is 1320 g/mol. The summed E-state index contributed by atoms with van der Waals surface area (Å²) in [7, 11) is -9.02. The lowest BCUT2D eigenvalue weighted by molar-refractivity contribution is 0.382. The summed E-state index contributed by atoms with van der Waals surface area (Å²) in [5.74, 6) is 6.11. The predicted molar refractivity (Wildman–Crippen MR) is 377 cm³/mol. The van der Waals surface area contributed by atoms with Crippen LogP contribution in [0.25, 0.3) is 21.5 Å². The molecule has 0 saturated carbocycles. The normalized spacial score (nSPS) is 18.6. The predicted octanol–water partition coefficient (Wildman–Crippen LogP) is 11.0. The van der Waals surface area contributed by atoms with Gasteiger partial charge < -0.3 is 34.7 Å². The molecule has 9 aromatic carbocycles. The van der Waals surface area contributed by atoms with Gasteiger partial charge in [0.1, 0.15) is 40.8 Å². The van der Waals surface area contributed by atoms with E-state index in [1.54, 1.807) is 36.3 Å². The molecule has 2 radical (unpaired) electrons. The number of hydrogen-bond acceptors (Lipinski definition) is 13. The number of H-pyrrole nitrogens is 1. The highest BCUT2D eigenvalue weighted by Gasteiger charge is 2.53. The minimum atomic E-state index is -4.83. The number of fused-ring (bicyclic) bond motifs is 15. The zero-order valence-electron chi connectivity index (χ0n) is 49.9. The molecule has 2 aromatic heterocycles. The summed E-state index contributed by atoms with van der Waals surface area (Å²) >= 11 is -2.04. The molecule has 0 fully saturated rings. The highest BCUT2D eigenvalue weighted by Crippen LogP contribution is 2.49. The minimum Gasteiger partial charge on any atom is -0.452 e. The molecule has 0 spiro atoms. The van der Waals surface area contributed by atoms with Crippen LogP contribution in [0.15, 0.2) is 275 Å². The molecular weight excluding hydrogens is 1280 g/mol. The number of nitrogens with zero attached hydrogens (tertiary/aromatic N) is 12. The molecule has 2 bridgehead atoms. The van der Waals surface area contributed by atoms with Crippen molar-refractivity contribution in [3.63, 3.8) is 0 Å². The second kappa shape index (κ2) is 23.2. The summed E-state index contributed by atoms with van der Waals surface area (Å²) in [6.45, 7) is 0. The van der Waals surface area contributed by atoms with Crippen LogP contribution in [-0.4, -0.2) is 124 Å². The third-order valence-corrected chi connectivity index (χ3v) is 23.9. The Bertz CT molecular complexity index is 5730. The lowest BCUT2D eigenvalue weighted by atomic mass is 10.1. The summed E-state index contributed by atoms with van der Waals surface area (Å²) in [6, 6.07) is 66.8. The lowest BCUT2D eigenvalue weighted by Crippen LogP contribution is -2.51. The van der Waals surface area contributed by atoms with Gasteiger partial charge in [0.25, 0.3) is 0 Å². The first-order valence-corrected chi connectivity index (χ1v) is 35.2. The summed E-state index contributed by atoms with van der Waals surface area (Å²) in [4.78, 5) is 74.5. The minimum absolute atomic E-state index is 0.00613. The fraction of sp³-hybridized carbons (Fsp3) is 0. The number of rotatable bonds is 7. The van der Waals surface area contributed by atoms with E-state index < -0.39 is 30.1 Å². The van der Waals surface area contributed by atoms with Crippen molar-refractivity contribution in [2.45, 2.75) is 0 Å². The average Bonchev–Trinajstić information content (AvgIpc) is 1.56. The fourth-order valence-electron chi connectivity index (χ4n) is 12.5. The van der Waals surface area contributed by atoms with Gasteiger partial charge in [-0.05, 0) is 24.3 Å². The van der Waals surface area contributed by atoms with E-state index >= 15 is 0 Å². The SMILES string of the molecule is N=C1N=C(N=C2NC(=NC3=N/C(=N\c4[nH]cc5ccccc45)c4ccccc43)c3ccccc32)c2ccccc21.N=C1c2ccccc2C2=NC3=N/C(=N\c4c5ccccc5c(/N=C5\N=Cc6ccccc65)[n]4[Al]([O]P(=O)(O)c4ccc(P(=O)(O)[O][Al])cc4)[N]12)c1ccccc13. The van der Waals surface area contributed by atoms with Crippen molar-refractivity contribution in [2.75, 3.05) is 0 Å². The molecule has 26 heteroatoms. The lowest BCUT2D eigenvalue weighted by Gasteiger charge is -2.29. The Morgan fingerprint density at radius 3 is 1.71 bits per heavy atom. The van der Waals surface area contributed by atoms with Crippen LogP contribution in [0.5, 0.6) is 0 Å². The maximum atomic E-state index is 14.7. The third kappa shape index (κ3) is 9.95. The molecule has 0 aliphatic carbocycles.